The van der Waals surface area contributed by atoms with Crippen molar-refractivity contribution in [3.8, 4) is 16.9 Å². The largest absolute Gasteiger partial charge is 0.508 e. The zero-order chi connectivity index (χ0) is 18.1. The van der Waals surface area contributed by atoms with E-state index >= 15 is 0 Å². The number of benzene rings is 2. The van der Waals surface area contributed by atoms with Gasteiger partial charge in [-0.25, -0.2) is 0 Å². The average Bonchev–Trinajstić information content (AvgIpc) is 2.68. The lowest BCUT2D eigenvalue weighted by molar-refractivity contribution is -0.0433. The summed E-state index contributed by atoms with van der Waals surface area (Å²) in [6, 6.07) is 15.5. The molecule has 0 amide bonds. The van der Waals surface area contributed by atoms with Crippen LogP contribution in [-0.4, -0.2) is 28.3 Å². The fraction of sp³-hybridized carbons (Fsp3) is 0.318. The summed E-state index contributed by atoms with van der Waals surface area (Å²) in [5.41, 5.74) is 3.04. The van der Waals surface area contributed by atoms with Gasteiger partial charge in [0.05, 0.1) is 5.52 Å². The van der Waals surface area contributed by atoms with E-state index in [0.29, 0.717) is 6.54 Å². The Hall–Kier alpha value is -2.43. The first-order valence-electron chi connectivity index (χ1n) is 9.23. The van der Waals surface area contributed by atoms with Crippen molar-refractivity contribution in [1.29, 1.82) is 0 Å². The Morgan fingerprint density at radius 3 is 2.69 bits per heavy atom. The maximum atomic E-state index is 11.2. The van der Waals surface area contributed by atoms with Crippen molar-refractivity contribution in [3.63, 3.8) is 0 Å². The number of piperidine rings is 1. The summed E-state index contributed by atoms with van der Waals surface area (Å²) >= 11 is 0. The van der Waals surface area contributed by atoms with Crippen LogP contribution in [0.15, 0.2) is 54.7 Å². The Bertz CT molecular complexity index is 923. The number of phenolic OH excluding ortho intramolecular Hbond substituents is 1. The van der Waals surface area contributed by atoms with Crippen LogP contribution in [0.2, 0.25) is 0 Å². The molecule has 134 valence electrons. The summed E-state index contributed by atoms with van der Waals surface area (Å²) in [6.45, 7) is 3.72. The molecule has 26 heavy (non-hydrogen) atoms. The number of phenols is 1. The van der Waals surface area contributed by atoms with Gasteiger partial charge in [0.25, 0.3) is 0 Å². The summed E-state index contributed by atoms with van der Waals surface area (Å²) in [5, 5.41) is 25.1. The predicted octanol–water partition coefficient (Wildman–Crippen LogP) is 3.81. The summed E-state index contributed by atoms with van der Waals surface area (Å²) in [6.07, 6.45) is 3.79. The van der Waals surface area contributed by atoms with E-state index in [0.717, 1.165) is 47.0 Å². The SMILES string of the molecule is CCC1CCNCC1(O)c1ccc(-c2cnc3cc(O)ccc3c2)cc1. The molecule has 2 unspecified atom stereocenters. The predicted molar refractivity (Wildman–Crippen MR) is 104 cm³/mol. The molecule has 1 fully saturated rings. The van der Waals surface area contributed by atoms with Gasteiger partial charge in [0.2, 0.25) is 0 Å². The molecule has 0 radical (unpaired) electrons. The molecule has 0 aliphatic carbocycles. The molecule has 3 N–H and O–H groups in total. The number of nitrogens with zero attached hydrogens (tertiary/aromatic N) is 1. The summed E-state index contributed by atoms with van der Waals surface area (Å²) < 4.78 is 0. The minimum absolute atomic E-state index is 0.224. The standard InChI is InChI=1S/C22H24N2O2/c1-2-18-9-10-23-14-22(18,26)19-6-3-15(4-7-19)17-11-16-5-8-20(25)12-21(16)24-13-17/h3-8,11-13,18,23,25-26H,2,9-10,14H2,1H3. The number of β-amino-alcohol motifs (C(OH)–C–C–N with tert-alkyl or cyclic N) is 1. The van der Waals surface area contributed by atoms with Crippen LogP contribution >= 0.6 is 0 Å². The molecule has 0 spiro atoms. The number of aromatic hydroxyl groups is 1. The van der Waals surface area contributed by atoms with Crippen molar-refractivity contribution in [1.82, 2.24) is 10.3 Å². The molecule has 1 saturated heterocycles. The van der Waals surface area contributed by atoms with Crippen LogP contribution in [0.5, 0.6) is 5.75 Å². The van der Waals surface area contributed by atoms with Gasteiger partial charge in [-0.05, 0) is 48.2 Å². The number of rotatable bonds is 3. The molecule has 2 heterocycles. The van der Waals surface area contributed by atoms with E-state index in [1.54, 1.807) is 12.1 Å². The first kappa shape index (κ1) is 17.0. The van der Waals surface area contributed by atoms with Crippen molar-refractivity contribution in [3.05, 3.63) is 60.3 Å². The molecule has 1 aromatic heterocycles. The van der Waals surface area contributed by atoms with Gasteiger partial charge < -0.3 is 15.5 Å². The normalized spacial score (nSPS) is 23.2. The molecule has 4 heteroatoms. The van der Waals surface area contributed by atoms with Crippen LogP contribution < -0.4 is 5.32 Å². The molecule has 2 aromatic carbocycles. The molecule has 4 nitrogen and oxygen atoms in total. The van der Waals surface area contributed by atoms with Gasteiger partial charge in [0.15, 0.2) is 0 Å². The lowest BCUT2D eigenvalue weighted by Crippen LogP contribution is -2.49. The Balaban J connectivity index is 1.66. The smallest absolute Gasteiger partial charge is 0.117 e. The van der Waals surface area contributed by atoms with Gasteiger partial charge in [-0.2, -0.15) is 0 Å². The van der Waals surface area contributed by atoms with E-state index < -0.39 is 5.60 Å². The zero-order valence-corrected chi connectivity index (χ0v) is 14.9. The third-order valence-corrected chi connectivity index (χ3v) is 5.62. The topological polar surface area (TPSA) is 65.4 Å². The first-order valence-corrected chi connectivity index (χ1v) is 9.23. The number of hydrogen-bond donors (Lipinski definition) is 3. The van der Waals surface area contributed by atoms with E-state index in [4.69, 9.17) is 0 Å². The molecule has 4 rings (SSSR count). The van der Waals surface area contributed by atoms with Gasteiger partial charge >= 0.3 is 0 Å². The molecule has 3 aromatic rings. The second kappa shape index (κ2) is 6.71. The van der Waals surface area contributed by atoms with E-state index in [-0.39, 0.29) is 11.7 Å². The third-order valence-electron chi connectivity index (χ3n) is 5.62. The highest BCUT2D eigenvalue weighted by atomic mass is 16.3. The van der Waals surface area contributed by atoms with Gasteiger partial charge in [0.1, 0.15) is 11.4 Å². The Morgan fingerprint density at radius 2 is 1.92 bits per heavy atom. The zero-order valence-electron chi connectivity index (χ0n) is 14.9. The maximum absolute atomic E-state index is 11.2. The highest BCUT2D eigenvalue weighted by Crippen LogP contribution is 2.36. The van der Waals surface area contributed by atoms with Crippen molar-refractivity contribution in [2.75, 3.05) is 13.1 Å². The monoisotopic (exact) mass is 348 g/mol. The van der Waals surface area contributed by atoms with Gasteiger partial charge in [-0.1, -0.05) is 37.6 Å². The second-order valence-electron chi connectivity index (χ2n) is 7.17. The first-order chi connectivity index (χ1) is 12.6. The Morgan fingerprint density at radius 1 is 1.12 bits per heavy atom. The third kappa shape index (κ3) is 2.96. The van der Waals surface area contributed by atoms with Gasteiger partial charge in [-0.3, -0.25) is 4.98 Å². The summed E-state index contributed by atoms with van der Waals surface area (Å²) in [4.78, 5) is 4.45. The average molecular weight is 348 g/mol. The number of aliphatic hydroxyl groups is 1. The molecular formula is C22H24N2O2. The van der Waals surface area contributed by atoms with Gasteiger partial charge in [-0.15, -0.1) is 0 Å². The quantitative estimate of drug-likeness (QED) is 0.673. The van der Waals surface area contributed by atoms with E-state index in [2.05, 4.69) is 35.4 Å². The van der Waals surface area contributed by atoms with E-state index in [9.17, 15) is 10.2 Å². The fourth-order valence-electron chi connectivity index (χ4n) is 4.04. The Labute approximate surface area is 153 Å². The molecule has 1 aliphatic rings. The van der Waals surface area contributed by atoms with Crippen molar-refractivity contribution >= 4 is 10.9 Å². The molecule has 0 bridgehead atoms. The van der Waals surface area contributed by atoms with Crippen LogP contribution in [-0.2, 0) is 5.60 Å². The van der Waals surface area contributed by atoms with Crippen molar-refractivity contribution < 1.29 is 10.2 Å². The minimum atomic E-state index is -0.801. The van der Waals surface area contributed by atoms with Crippen molar-refractivity contribution in [2.24, 2.45) is 5.92 Å². The fourth-order valence-corrected chi connectivity index (χ4v) is 4.04. The number of hydrogen-bond acceptors (Lipinski definition) is 4. The highest BCUT2D eigenvalue weighted by molar-refractivity contribution is 5.84. The number of fused-ring (bicyclic) bond motifs is 1. The molecular weight excluding hydrogens is 324 g/mol. The highest BCUT2D eigenvalue weighted by Gasteiger charge is 2.39. The van der Waals surface area contributed by atoms with Crippen LogP contribution in [0.1, 0.15) is 25.3 Å². The molecule has 1 aliphatic heterocycles. The lowest BCUT2D eigenvalue weighted by atomic mass is 9.75. The number of aromatic nitrogens is 1. The lowest BCUT2D eigenvalue weighted by Gasteiger charge is -2.40. The van der Waals surface area contributed by atoms with Crippen LogP contribution in [0.25, 0.3) is 22.0 Å². The van der Waals surface area contributed by atoms with E-state index in [1.165, 1.54) is 0 Å². The van der Waals surface area contributed by atoms with Gasteiger partial charge in [0, 0.05) is 29.8 Å². The van der Waals surface area contributed by atoms with Crippen molar-refractivity contribution in [2.45, 2.75) is 25.4 Å². The Kier molecular flexibility index (Phi) is 4.39. The van der Waals surface area contributed by atoms with Crippen LogP contribution in [0.4, 0.5) is 0 Å². The second-order valence-corrected chi connectivity index (χ2v) is 7.17. The number of pyridine rings is 1. The van der Waals surface area contributed by atoms with Crippen LogP contribution in [0, 0.1) is 5.92 Å². The molecule has 2 atom stereocenters. The summed E-state index contributed by atoms with van der Waals surface area (Å²) in [7, 11) is 0. The number of nitrogens with one attached hydrogen (secondary N) is 1. The summed E-state index contributed by atoms with van der Waals surface area (Å²) in [5.74, 6) is 0.506. The van der Waals surface area contributed by atoms with E-state index in [1.807, 2.05) is 24.4 Å². The maximum Gasteiger partial charge on any atom is 0.117 e. The minimum Gasteiger partial charge on any atom is -0.508 e. The van der Waals surface area contributed by atoms with Crippen LogP contribution in [0.3, 0.4) is 0 Å². The molecule has 0 saturated carbocycles.